The molecule has 0 radical (unpaired) electrons. The van der Waals surface area contributed by atoms with Gasteiger partial charge in [0.1, 0.15) is 5.75 Å². The van der Waals surface area contributed by atoms with Crippen LogP contribution in [0.3, 0.4) is 0 Å². The van der Waals surface area contributed by atoms with E-state index in [1.165, 1.54) is 38.8 Å². The molecule has 1 saturated carbocycles. The summed E-state index contributed by atoms with van der Waals surface area (Å²) in [5.74, 6) is 0.687. The Morgan fingerprint density at radius 3 is 2.50 bits per heavy atom. The number of H-pyrrole nitrogens is 1. The standard InChI is InChI=1S/C21H29ClN2O2/c1-3-11-24(12-4-2)16-5-7-17(8-6-16)26-20-13-15-9-10-23-21(25)18(15)14-19(20)22/h9-10,13-14,16-17H,3-8,11-12H2,1-2H3,(H,23,25)/t16-,17+. The van der Waals surface area contributed by atoms with Crippen molar-refractivity contribution in [2.75, 3.05) is 13.1 Å². The molecule has 3 rings (SSSR count). The molecule has 0 atom stereocenters. The highest BCUT2D eigenvalue weighted by Crippen LogP contribution is 2.33. The van der Waals surface area contributed by atoms with Gasteiger partial charge in [0.2, 0.25) is 0 Å². The normalized spacial score (nSPS) is 20.6. The van der Waals surface area contributed by atoms with Crippen LogP contribution in [0.15, 0.2) is 29.2 Å². The van der Waals surface area contributed by atoms with E-state index in [0.717, 1.165) is 18.2 Å². The average molecular weight is 377 g/mol. The van der Waals surface area contributed by atoms with Gasteiger partial charge in [-0.25, -0.2) is 0 Å². The number of benzene rings is 1. The molecule has 1 fully saturated rings. The van der Waals surface area contributed by atoms with Gasteiger partial charge in [0.25, 0.3) is 5.56 Å². The van der Waals surface area contributed by atoms with E-state index in [9.17, 15) is 4.79 Å². The Morgan fingerprint density at radius 2 is 1.85 bits per heavy atom. The molecule has 1 heterocycles. The molecule has 1 aliphatic rings. The first-order chi connectivity index (χ1) is 12.6. The lowest BCUT2D eigenvalue weighted by molar-refractivity contribution is 0.0878. The second kappa shape index (κ2) is 8.92. The summed E-state index contributed by atoms with van der Waals surface area (Å²) >= 11 is 6.37. The van der Waals surface area contributed by atoms with Crippen LogP contribution < -0.4 is 10.3 Å². The second-order valence-electron chi connectivity index (χ2n) is 7.26. The van der Waals surface area contributed by atoms with Gasteiger partial charge in [-0.1, -0.05) is 25.4 Å². The van der Waals surface area contributed by atoms with E-state index in [4.69, 9.17) is 16.3 Å². The monoisotopic (exact) mass is 376 g/mol. The average Bonchev–Trinajstić information content (AvgIpc) is 2.64. The Labute approximate surface area is 160 Å². The van der Waals surface area contributed by atoms with E-state index in [1.807, 2.05) is 12.1 Å². The third kappa shape index (κ3) is 4.41. The molecule has 2 aromatic rings. The fraction of sp³-hybridized carbons (Fsp3) is 0.571. The maximum atomic E-state index is 11.9. The summed E-state index contributed by atoms with van der Waals surface area (Å²) in [5.41, 5.74) is -0.122. The predicted octanol–water partition coefficient (Wildman–Crippen LogP) is 4.99. The third-order valence-corrected chi connectivity index (χ3v) is 5.60. The number of aromatic amines is 1. The number of nitrogens with one attached hydrogen (secondary N) is 1. The Hall–Kier alpha value is -1.52. The van der Waals surface area contributed by atoms with Crippen molar-refractivity contribution in [3.05, 3.63) is 39.8 Å². The van der Waals surface area contributed by atoms with Crippen LogP contribution in [0.25, 0.3) is 10.8 Å². The molecule has 1 N–H and O–H groups in total. The Kier molecular flexibility index (Phi) is 6.60. The molecule has 1 aromatic heterocycles. The maximum absolute atomic E-state index is 11.9. The molecule has 1 aliphatic carbocycles. The Bertz CT molecular complexity index is 775. The minimum absolute atomic E-state index is 0.122. The first-order valence-corrected chi connectivity index (χ1v) is 10.2. The first kappa shape index (κ1) is 19.2. The van der Waals surface area contributed by atoms with Crippen molar-refractivity contribution >= 4 is 22.4 Å². The van der Waals surface area contributed by atoms with Gasteiger partial charge in [0, 0.05) is 17.6 Å². The highest BCUT2D eigenvalue weighted by molar-refractivity contribution is 6.32. The number of ether oxygens (including phenoxy) is 1. The van der Waals surface area contributed by atoms with Crippen molar-refractivity contribution in [1.29, 1.82) is 0 Å². The first-order valence-electron chi connectivity index (χ1n) is 9.84. The molecular weight excluding hydrogens is 348 g/mol. The SMILES string of the molecule is CCCN(CCC)[C@H]1CC[C@@H](Oc2cc3cc[nH]c(=O)c3cc2Cl)CC1. The molecule has 5 heteroatoms. The van der Waals surface area contributed by atoms with Crippen molar-refractivity contribution in [3.8, 4) is 5.75 Å². The minimum atomic E-state index is -0.122. The molecule has 1 aromatic carbocycles. The van der Waals surface area contributed by atoms with Crippen molar-refractivity contribution < 1.29 is 4.74 Å². The summed E-state index contributed by atoms with van der Waals surface area (Å²) in [6, 6.07) is 6.16. The molecule has 142 valence electrons. The van der Waals surface area contributed by atoms with Gasteiger partial charge in [-0.2, -0.15) is 0 Å². The van der Waals surface area contributed by atoms with Crippen LogP contribution >= 0.6 is 11.6 Å². The highest BCUT2D eigenvalue weighted by atomic mass is 35.5. The zero-order valence-electron chi connectivity index (χ0n) is 15.8. The van der Waals surface area contributed by atoms with Crippen molar-refractivity contribution in [2.45, 2.75) is 64.5 Å². The molecule has 4 nitrogen and oxygen atoms in total. The molecule has 0 bridgehead atoms. The number of aromatic nitrogens is 1. The summed E-state index contributed by atoms with van der Waals surface area (Å²) in [4.78, 5) is 17.2. The largest absolute Gasteiger partial charge is 0.489 e. The summed E-state index contributed by atoms with van der Waals surface area (Å²) in [6.45, 7) is 6.89. The van der Waals surface area contributed by atoms with E-state index in [2.05, 4.69) is 23.7 Å². The number of halogens is 1. The van der Waals surface area contributed by atoms with E-state index >= 15 is 0 Å². The fourth-order valence-electron chi connectivity index (χ4n) is 4.04. The van der Waals surface area contributed by atoms with Gasteiger partial charge >= 0.3 is 0 Å². The van der Waals surface area contributed by atoms with E-state index < -0.39 is 0 Å². The maximum Gasteiger partial charge on any atom is 0.255 e. The summed E-state index contributed by atoms with van der Waals surface area (Å²) in [5, 5.41) is 1.97. The summed E-state index contributed by atoms with van der Waals surface area (Å²) < 4.78 is 6.22. The zero-order chi connectivity index (χ0) is 18.5. The quantitative estimate of drug-likeness (QED) is 0.740. The predicted molar refractivity (Wildman–Crippen MR) is 108 cm³/mol. The third-order valence-electron chi connectivity index (χ3n) is 5.30. The smallest absolute Gasteiger partial charge is 0.255 e. The molecule has 0 amide bonds. The number of hydrogen-bond donors (Lipinski definition) is 1. The van der Waals surface area contributed by atoms with Gasteiger partial charge in [-0.05, 0) is 75.2 Å². The topological polar surface area (TPSA) is 45.3 Å². The van der Waals surface area contributed by atoms with Crippen LogP contribution in [0.5, 0.6) is 5.75 Å². The van der Waals surface area contributed by atoms with E-state index in [1.54, 1.807) is 12.3 Å². The Morgan fingerprint density at radius 1 is 1.15 bits per heavy atom. The van der Waals surface area contributed by atoms with E-state index in [-0.39, 0.29) is 11.7 Å². The van der Waals surface area contributed by atoms with Crippen molar-refractivity contribution in [1.82, 2.24) is 9.88 Å². The molecule has 0 unspecified atom stereocenters. The number of hydrogen-bond acceptors (Lipinski definition) is 3. The van der Waals surface area contributed by atoms with E-state index in [0.29, 0.717) is 22.2 Å². The number of fused-ring (bicyclic) bond motifs is 1. The van der Waals surface area contributed by atoms with Gasteiger partial charge in [-0.3, -0.25) is 4.79 Å². The molecule has 0 spiro atoms. The highest BCUT2D eigenvalue weighted by Gasteiger charge is 2.26. The van der Waals surface area contributed by atoms with Crippen LogP contribution in [0.1, 0.15) is 52.4 Å². The lowest BCUT2D eigenvalue weighted by atomic mass is 9.91. The zero-order valence-corrected chi connectivity index (χ0v) is 16.5. The van der Waals surface area contributed by atoms with Crippen LogP contribution in [0, 0.1) is 0 Å². The van der Waals surface area contributed by atoms with Gasteiger partial charge < -0.3 is 14.6 Å². The van der Waals surface area contributed by atoms with Gasteiger partial charge in [0.15, 0.2) is 0 Å². The summed E-state index contributed by atoms with van der Waals surface area (Å²) in [6.07, 6.45) is 8.74. The minimum Gasteiger partial charge on any atom is -0.489 e. The van der Waals surface area contributed by atoms with Crippen LogP contribution in [0.4, 0.5) is 0 Å². The number of pyridine rings is 1. The number of nitrogens with zero attached hydrogens (tertiary/aromatic N) is 1. The summed E-state index contributed by atoms with van der Waals surface area (Å²) in [7, 11) is 0. The van der Waals surface area contributed by atoms with Crippen molar-refractivity contribution in [3.63, 3.8) is 0 Å². The number of rotatable bonds is 7. The molecule has 0 saturated heterocycles. The van der Waals surface area contributed by atoms with Gasteiger partial charge in [-0.15, -0.1) is 0 Å². The fourth-order valence-corrected chi connectivity index (χ4v) is 4.25. The molecule has 0 aliphatic heterocycles. The molecule has 26 heavy (non-hydrogen) atoms. The van der Waals surface area contributed by atoms with Crippen LogP contribution in [0.2, 0.25) is 5.02 Å². The molecular formula is C21H29ClN2O2. The van der Waals surface area contributed by atoms with Crippen LogP contribution in [-0.4, -0.2) is 35.1 Å². The van der Waals surface area contributed by atoms with Gasteiger partial charge in [0.05, 0.1) is 11.1 Å². The lowest BCUT2D eigenvalue weighted by Crippen LogP contribution is -2.41. The van der Waals surface area contributed by atoms with Crippen molar-refractivity contribution in [2.24, 2.45) is 0 Å². The van der Waals surface area contributed by atoms with Crippen LogP contribution in [-0.2, 0) is 0 Å². The second-order valence-corrected chi connectivity index (χ2v) is 7.67. The Balaban J connectivity index is 1.65. The lowest BCUT2D eigenvalue weighted by Gasteiger charge is -2.36.